The van der Waals surface area contributed by atoms with Gasteiger partial charge in [0.2, 0.25) is 0 Å². The van der Waals surface area contributed by atoms with Crippen molar-refractivity contribution in [2.24, 2.45) is 0 Å². The van der Waals surface area contributed by atoms with Gasteiger partial charge in [0.15, 0.2) is 0 Å². The van der Waals surface area contributed by atoms with E-state index in [0.717, 1.165) is 6.54 Å². The largest absolute Gasteiger partial charge is 0.358 e. The molecular formula is C16H29N2Y-. The predicted molar refractivity (Wildman–Crippen MR) is 82.7 cm³/mol. The zero-order chi connectivity index (χ0) is 12.7. The number of allylic oxidation sites excluding steroid dienone is 4. The van der Waals surface area contributed by atoms with Crippen LogP contribution in [0.2, 0.25) is 0 Å². The molecule has 0 bridgehead atoms. The number of hydrogen-bond acceptors (Lipinski definition) is 2. The zero-order valence-electron chi connectivity index (χ0n) is 13.2. The van der Waals surface area contributed by atoms with E-state index in [1.807, 2.05) is 6.08 Å². The predicted octanol–water partition coefficient (Wildman–Crippen LogP) is 3.15. The Morgan fingerprint density at radius 2 is 1.58 bits per heavy atom. The molecular weight excluding hydrogens is 309 g/mol. The van der Waals surface area contributed by atoms with Gasteiger partial charge in [-0.1, -0.05) is 42.9 Å². The summed E-state index contributed by atoms with van der Waals surface area (Å²) in [4.78, 5) is 5.05. The van der Waals surface area contributed by atoms with Crippen molar-refractivity contribution in [2.45, 2.75) is 20.8 Å². The summed E-state index contributed by atoms with van der Waals surface area (Å²) in [5.41, 5.74) is 2.65. The molecule has 0 atom stereocenters. The second kappa shape index (κ2) is 12.0. The summed E-state index contributed by atoms with van der Waals surface area (Å²) in [6.07, 6.45) is 6.25. The number of nitrogens with zero attached hydrogens (tertiary/aromatic N) is 2. The molecule has 0 N–H and O–H groups in total. The number of piperazine rings is 1. The molecule has 1 fully saturated rings. The minimum atomic E-state index is 0. The van der Waals surface area contributed by atoms with E-state index in [0.29, 0.717) is 0 Å². The Balaban J connectivity index is 0. The molecule has 1 aliphatic rings. The van der Waals surface area contributed by atoms with E-state index in [2.05, 4.69) is 49.3 Å². The minimum absolute atomic E-state index is 0. The van der Waals surface area contributed by atoms with Gasteiger partial charge in [-0.15, -0.1) is 0 Å². The first-order chi connectivity index (χ1) is 8.15. The van der Waals surface area contributed by atoms with Crippen molar-refractivity contribution in [2.75, 3.05) is 39.3 Å². The third-order valence-electron chi connectivity index (χ3n) is 3.34. The van der Waals surface area contributed by atoms with E-state index in [4.69, 9.17) is 0 Å². The number of rotatable bonds is 5. The molecule has 0 aromatic heterocycles. The van der Waals surface area contributed by atoms with Crippen LogP contribution in [-0.4, -0.2) is 49.1 Å². The standard InChI is InChI=1S/C15H26N2.CH3.Y/c1-5-14(3)7-8-15(4)13-17-11-9-16(6-2)10-12-17;;/h5,7-8H,1,6,9-13H2,2-4H3;1H3;/q;-1;/b14-7-,15-8+;;. The van der Waals surface area contributed by atoms with Crippen molar-refractivity contribution < 1.29 is 32.7 Å². The summed E-state index contributed by atoms with van der Waals surface area (Å²) in [5.74, 6) is 0. The Bertz CT molecular complexity index is 300. The second-order valence-electron chi connectivity index (χ2n) is 4.84. The van der Waals surface area contributed by atoms with Gasteiger partial charge in [0.25, 0.3) is 0 Å². The minimum Gasteiger partial charge on any atom is -0.358 e. The molecule has 1 saturated heterocycles. The van der Waals surface area contributed by atoms with Crippen LogP contribution in [0.5, 0.6) is 0 Å². The van der Waals surface area contributed by atoms with Crippen LogP contribution in [0.4, 0.5) is 0 Å². The fourth-order valence-electron chi connectivity index (χ4n) is 2.01. The van der Waals surface area contributed by atoms with Crippen molar-refractivity contribution in [3.05, 3.63) is 43.4 Å². The average Bonchev–Trinajstić information content (AvgIpc) is 2.36. The molecule has 1 heterocycles. The number of hydrogen-bond donors (Lipinski definition) is 0. The molecule has 0 unspecified atom stereocenters. The summed E-state index contributed by atoms with van der Waals surface area (Å²) in [7, 11) is 0. The molecule has 1 aliphatic heterocycles. The van der Waals surface area contributed by atoms with E-state index >= 15 is 0 Å². The van der Waals surface area contributed by atoms with Crippen LogP contribution in [0.3, 0.4) is 0 Å². The zero-order valence-corrected chi connectivity index (χ0v) is 16.0. The topological polar surface area (TPSA) is 6.48 Å². The quantitative estimate of drug-likeness (QED) is 0.561. The van der Waals surface area contributed by atoms with Gasteiger partial charge in [-0.05, 0) is 20.4 Å². The molecule has 0 aromatic carbocycles. The van der Waals surface area contributed by atoms with Crippen LogP contribution < -0.4 is 0 Å². The maximum atomic E-state index is 3.76. The molecule has 0 amide bonds. The maximum absolute atomic E-state index is 3.76. The van der Waals surface area contributed by atoms with Crippen LogP contribution in [0.25, 0.3) is 0 Å². The van der Waals surface area contributed by atoms with Gasteiger partial charge < -0.3 is 12.3 Å². The van der Waals surface area contributed by atoms with Gasteiger partial charge in [0, 0.05) is 65.4 Å². The fraction of sp³-hybridized carbons (Fsp3) is 0.562. The molecule has 107 valence electrons. The van der Waals surface area contributed by atoms with Crippen LogP contribution in [0, 0.1) is 7.43 Å². The van der Waals surface area contributed by atoms with Crippen molar-refractivity contribution in [3.8, 4) is 0 Å². The molecule has 2 nitrogen and oxygen atoms in total. The van der Waals surface area contributed by atoms with Gasteiger partial charge in [-0.2, -0.15) is 0 Å². The van der Waals surface area contributed by atoms with Crippen molar-refractivity contribution in [3.63, 3.8) is 0 Å². The van der Waals surface area contributed by atoms with Crippen LogP contribution in [-0.2, 0) is 32.7 Å². The Labute approximate surface area is 145 Å². The normalized spacial score (nSPS) is 18.5. The first-order valence-electron chi connectivity index (χ1n) is 6.57. The third kappa shape index (κ3) is 8.91. The summed E-state index contributed by atoms with van der Waals surface area (Å²) in [5, 5.41) is 0. The van der Waals surface area contributed by atoms with E-state index in [1.54, 1.807) is 0 Å². The van der Waals surface area contributed by atoms with E-state index < -0.39 is 0 Å². The van der Waals surface area contributed by atoms with Gasteiger partial charge >= 0.3 is 0 Å². The Morgan fingerprint density at radius 1 is 1.05 bits per heavy atom. The molecule has 0 spiro atoms. The summed E-state index contributed by atoms with van der Waals surface area (Å²) < 4.78 is 0. The molecule has 1 rings (SSSR count). The van der Waals surface area contributed by atoms with Gasteiger partial charge in [0.05, 0.1) is 0 Å². The first kappa shape index (κ1) is 21.5. The van der Waals surface area contributed by atoms with E-state index in [9.17, 15) is 0 Å². The molecule has 19 heavy (non-hydrogen) atoms. The Hall–Kier alpha value is 0.244. The van der Waals surface area contributed by atoms with Gasteiger partial charge in [-0.25, -0.2) is 0 Å². The van der Waals surface area contributed by atoms with E-state index in [1.165, 1.54) is 43.9 Å². The molecule has 3 heteroatoms. The van der Waals surface area contributed by atoms with E-state index in [-0.39, 0.29) is 40.1 Å². The van der Waals surface area contributed by atoms with Crippen LogP contribution in [0.15, 0.2) is 36.0 Å². The molecule has 0 aromatic rings. The van der Waals surface area contributed by atoms with Crippen LogP contribution in [0.1, 0.15) is 20.8 Å². The maximum Gasteiger partial charge on any atom is 0.0194 e. The summed E-state index contributed by atoms with van der Waals surface area (Å²) in [6, 6.07) is 0. The van der Waals surface area contributed by atoms with Crippen molar-refractivity contribution in [1.82, 2.24) is 9.80 Å². The number of likely N-dealkylation sites (N-methyl/N-ethyl adjacent to an activating group) is 1. The van der Waals surface area contributed by atoms with Crippen molar-refractivity contribution in [1.29, 1.82) is 0 Å². The molecule has 0 saturated carbocycles. The van der Waals surface area contributed by atoms with Crippen molar-refractivity contribution >= 4 is 0 Å². The monoisotopic (exact) mass is 338 g/mol. The fourth-order valence-corrected chi connectivity index (χ4v) is 2.01. The average molecular weight is 338 g/mol. The molecule has 0 aliphatic carbocycles. The van der Waals surface area contributed by atoms with Gasteiger partial charge in [0.1, 0.15) is 0 Å². The van der Waals surface area contributed by atoms with Crippen LogP contribution >= 0.6 is 0 Å². The van der Waals surface area contributed by atoms with Gasteiger partial charge in [-0.3, -0.25) is 4.90 Å². The molecule has 1 radical (unpaired) electrons. The first-order valence-corrected chi connectivity index (χ1v) is 6.57. The Kier molecular flexibility index (Phi) is 13.6. The SMILES string of the molecule is C=C/C(C)=C\C=C(/C)CN1CCN(CC)CC1.[CH3-].[Y]. The third-order valence-corrected chi connectivity index (χ3v) is 3.34. The summed E-state index contributed by atoms with van der Waals surface area (Å²) in [6.45, 7) is 17.4. The second-order valence-corrected chi connectivity index (χ2v) is 4.84. The summed E-state index contributed by atoms with van der Waals surface area (Å²) >= 11 is 0. The smallest absolute Gasteiger partial charge is 0.0194 e. The Morgan fingerprint density at radius 3 is 2.05 bits per heavy atom.